The van der Waals surface area contributed by atoms with E-state index in [-0.39, 0.29) is 22.6 Å². The van der Waals surface area contributed by atoms with Crippen LogP contribution >= 0.6 is 11.8 Å². The fraction of sp³-hybridized carbons (Fsp3) is 0.304. The summed E-state index contributed by atoms with van der Waals surface area (Å²) in [4.78, 5) is 23.9. The molecule has 0 fully saturated rings. The number of benzene rings is 2. The van der Waals surface area contributed by atoms with E-state index in [9.17, 15) is 19.8 Å². The van der Waals surface area contributed by atoms with Gasteiger partial charge in [-0.3, -0.25) is 9.59 Å². The van der Waals surface area contributed by atoms with Crippen molar-refractivity contribution in [2.75, 3.05) is 6.61 Å². The van der Waals surface area contributed by atoms with Gasteiger partial charge in [-0.2, -0.15) is 0 Å². The first-order chi connectivity index (χ1) is 14.0. The second-order valence-corrected chi connectivity index (χ2v) is 7.93. The van der Waals surface area contributed by atoms with Gasteiger partial charge in [-0.05, 0) is 42.8 Å². The van der Waals surface area contributed by atoms with Crippen LogP contribution in [0.25, 0.3) is 0 Å². The van der Waals surface area contributed by atoms with E-state index in [0.717, 1.165) is 30.3 Å². The van der Waals surface area contributed by atoms with Gasteiger partial charge in [-0.15, -0.1) is 11.8 Å². The molecule has 0 unspecified atom stereocenters. The quantitative estimate of drug-likeness (QED) is 0.496. The number of ketones is 2. The van der Waals surface area contributed by atoms with E-state index in [4.69, 9.17) is 4.74 Å². The van der Waals surface area contributed by atoms with Crippen molar-refractivity contribution in [1.29, 1.82) is 0 Å². The van der Waals surface area contributed by atoms with Crippen LogP contribution in [0.5, 0.6) is 17.2 Å². The van der Waals surface area contributed by atoms with Gasteiger partial charge in [-0.25, -0.2) is 0 Å². The molecule has 5 rings (SSSR count). The summed E-state index contributed by atoms with van der Waals surface area (Å²) in [7, 11) is 0. The third-order valence-corrected chi connectivity index (χ3v) is 5.77. The van der Waals surface area contributed by atoms with Gasteiger partial charge in [0.2, 0.25) is 0 Å². The zero-order valence-electron chi connectivity index (χ0n) is 16.3. The Kier molecular flexibility index (Phi) is 6.99. The molecule has 0 amide bonds. The third-order valence-electron chi connectivity index (χ3n) is 4.73. The molecule has 3 aliphatic rings. The van der Waals surface area contributed by atoms with Crippen LogP contribution in [-0.4, -0.2) is 28.4 Å². The van der Waals surface area contributed by atoms with Gasteiger partial charge in [0.05, 0.1) is 17.7 Å². The lowest BCUT2D eigenvalue weighted by Crippen LogP contribution is -2.11. The van der Waals surface area contributed by atoms with Gasteiger partial charge < -0.3 is 14.9 Å². The van der Waals surface area contributed by atoms with Gasteiger partial charge in [0.25, 0.3) is 0 Å². The van der Waals surface area contributed by atoms with Crippen LogP contribution < -0.4 is 4.74 Å². The molecule has 2 N–H and O–H groups in total. The highest BCUT2D eigenvalue weighted by molar-refractivity contribution is 7.98. The van der Waals surface area contributed by atoms with E-state index in [1.807, 2.05) is 11.8 Å². The first kappa shape index (κ1) is 21.0. The number of ether oxygens (including phenoxy) is 1. The molecule has 0 atom stereocenters. The minimum absolute atomic E-state index is 0.127. The van der Waals surface area contributed by atoms with Gasteiger partial charge in [0.1, 0.15) is 17.2 Å². The molecule has 2 aromatic rings. The molecule has 0 aromatic heterocycles. The number of carbonyl (C=O) groups excluding carboxylic acids is 2. The van der Waals surface area contributed by atoms with Gasteiger partial charge in [-0.1, -0.05) is 32.3 Å². The highest BCUT2D eigenvalue weighted by atomic mass is 32.2. The Morgan fingerprint density at radius 3 is 2.07 bits per heavy atom. The Hall–Kier alpha value is -2.73. The second kappa shape index (κ2) is 9.65. The molecule has 1 aliphatic carbocycles. The van der Waals surface area contributed by atoms with Crippen LogP contribution in [0.2, 0.25) is 0 Å². The molecule has 29 heavy (non-hydrogen) atoms. The summed E-state index contributed by atoms with van der Waals surface area (Å²) in [6.07, 6.45) is 7.24. The fourth-order valence-electron chi connectivity index (χ4n) is 3.15. The fourth-order valence-corrected chi connectivity index (χ4v) is 4.06. The molecule has 0 spiro atoms. The topological polar surface area (TPSA) is 83.8 Å². The van der Waals surface area contributed by atoms with Crippen LogP contribution in [0.3, 0.4) is 0 Å². The maximum atomic E-state index is 11.3. The van der Waals surface area contributed by atoms with Crippen molar-refractivity contribution in [3.05, 3.63) is 59.2 Å². The van der Waals surface area contributed by atoms with Gasteiger partial charge >= 0.3 is 0 Å². The number of thioether (sulfide) groups is 1. The van der Waals surface area contributed by atoms with E-state index in [0.29, 0.717) is 0 Å². The Balaban J connectivity index is 0.000000166. The summed E-state index contributed by atoms with van der Waals surface area (Å²) in [5.41, 5.74) is 1.10. The molecule has 2 aliphatic heterocycles. The lowest BCUT2D eigenvalue weighted by Gasteiger charge is -2.17. The number of rotatable bonds is 6. The number of carbonyl (C=O) groups is 2. The normalized spacial score (nSPS) is 13.7. The third kappa shape index (κ3) is 5.01. The Labute approximate surface area is 174 Å². The van der Waals surface area contributed by atoms with Crippen LogP contribution in [0.1, 0.15) is 58.9 Å². The van der Waals surface area contributed by atoms with Crippen molar-refractivity contribution < 1.29 is 24.5 Å². The molecule has 2 aromatic carbocycles. The predicted molar refractivity (Wildman–Crippen MR) is 113 cm³/mol. The molecular weight excluding hydrogens is 388 g/mol. The molecule has 0 radical (unpaired) electrons. The van der Waals surface area contributed by atoms with Crippen LogP contribution in [0, 0.1) is 0 Å². The predicted octanol–water partition coefficient (Wildman–Crippen LogP) is 5.28. The lowest BCUT2D eigenvalue weighted by atomic mass is 9.93. The summed E-state index contributed by atoms with van der Waals surface area (Å²) < 4.78 is 5.80. The highest BCUT2D eigenvalue weighted by Gasteiger charge is 2.25. The van der Waals surface area contributed by atoms with Crippen molar-refractivity contribution in [3.8, 4) is 17.2 Å². The Morgan fingerprint density at radius 2 is 1.59 bits per heavy atom. The highest BCUT2D eigenvalue weighted by Crippen LogP contribution is 2.37. The summed E-state index contributed by atoms with van der Waals surface area (Å²) in [6.45, 7) is 3.11. The molecule has 2 bridgehead atoms. The zero-order valence-corrected chi connectivity index (χ0v) is 17.1. The number of hydrogen-bond donors (Lipinski definition) is 2. The molecule has 2 heterocycles. The van der Waals surface area contributed by atoms with E-state index >= 15 is 0 Å². The SMILES string of the molecule is CCCCCCOc1cc2ccc1CS2.O=C1C=CC(=O)c2c(O)ccc(O)c21. The van der Waals surface area contributed by atoms with E-state index in [1.165, 1.54) is 48.3 Å². The molecule has 5 nitrogen and oxygen atoms in total. The van der Waals surface area contributed by atoms with Crippen LogP contribution in [-0.2, 0) is 5.75 Å². The van der Waals surface area contributed by atoms with Crippen LogP contribution in [0.15, 0.2) is 47.4 Å². The monoisotopic (exact) mass is 412 g/mol. The maximum absolute atomic E-state index is 11.3. The standard InChI is InChI=1S/C13H18OS.C10H6O4/c1-2-3-4-5-8-14-13-9-12-7-6-11(13)10-15-12;11-5-1-2-6(12)10-8(14)4-3-7(13)9(5)10/h6-7,9H,2-5,8,10H2,1H3;1-4,11-12H. The lowest BCUT2D eigenvalue weighted by molar-refractivity contribution is 0.0989. The first-order valence-electron chi connectivity index (χ1n) is 9.71. The van der Waals surface area contributed by atoms with Crippen molar-refractivity contribution in [2.45, 2.75) is 43.3 Å². The number of phenolic OH excluding ortho intramolecular Hbond substituents is 2. The van der Waals surface area contributed by atoms with E-state index in [2.05, 4.69) is 25.1 Å². The van der Waals surface area contributed by atoms with Gasteiger partial charge in [0.15, 0.2) is 11.6 Å². The summed E-state index contributed by atoms with van der Waals surface area (Å²) in [5, 5.41) is 18.7. The number of aromatic hydroxyl groups is 2. The molecule has 6 heteroatoms. The van der Waals surface area contributed by atoms with Crippen molar-refractivity contribution >= 4 is 23.3 Å². The first-order valence-corrected chi connectivity index (χ1v) is 10.7. The minimum Gasteiger partial charge on any atom is -0.507 e. The average Bonchev–Trinajstić information content (AvgIpc) is 2.74. The van der Waals surface area contributed by atoms with Crippen molar-refractivity contribution in [3.63, 3.8) is 0 Å². The smallest absolute Gasteiger partial charge is 0.190 e. The largest absolute Gasteiger partial charge is 0.507 e. The van der Waals surface area contributed by atoms with E-state index in [1.54, 1.807) is 0 Å². The number of fused-ring (bicyclic) bond motifs is 4. The number of phenols is 2. The zero-order chi connectivity index (χ0) is 20.8. The number of allylic oxidation sites excluding steroid dienone is 2. The number of hydrogen-bond acceptors (Lipinski definition) is 6. The Bertz CT molecular complexity index is 906. The van der Waals surface area contributed by atoms with Crippen molar-refractivity contribution in [1.82, 2.24) is 0 Å². The van der Waals surface area contributed by atoms with E-state index < -0.39 is 11.6 Å². The minimum atomic E-state index is -0.479. The van der Waals surface area contributed by atoms with Gasteiger partial charge in [0, 0.05) is 16.2 Å². The van der Waals surface area contributed by atoms with Crippen molar-refractivity contribution in [2.24, 2.45) is 0 Å². The number of unbranched alkanes of at least 4 members (excludes halogenated alkanes) is 3. The molecular formula is C23H24O5S. The molecule has 0 saturated carbocycles. The second-order valence-electron chi connectivity index (χ2n) is 6.88. The summed E-state index contributed by atoms with van der Waals surface area (Å²) in [5.74, 6) is 0.664. The maximum Gasteiger partial charge on any atom is 0.190 e. The summed E-state index contributed by atoms with van der Waals surface area (Å²) >= 11 is 1.90. The summed E-state index contributed by atoms with van der Waals surface area (Å²) in [6, 6.07) is 8.89. The molecule has 0 saturated heterocycles. The average molecular weight is 413 g/mol. The van der Waals surface area contributed by atoms with Crippen LogP contribution in [0.4, 0.5) is 0 Å². The Morgan fingerprint density at radius 1 is 0.931 bits per heavy atom. The molecule has 152 valence electrons.